The summed E-state index contributed by atoms with van der Waals surface area (Å²) in [7, 11) is 3.75. The Bertz CT molecular complexity index is 425. The average Bonchev–Trinajstić information content (AvgIpc) is 2.45. The van der Waals surface area contributed by atoms with Crippen molar-refractivity contribution in [3.8, 4) is 0 Å². The van der Waals surface area contributed by atoms with E-state index in [0.717, 1.165) is 18.5 Å². The topological polar surface area (TPSA) is 41.1 Å². The molecule has 1 rings (SSSR count). The minimum Gasteiger partial charge on any atom is -1.00 e. The van der Waals surface area contributed by atoms with Gasteiger partial charge in [-0.25, -0.2) is 0 Å². The molecule has 0 saturated carbocycles. The number of hydrogen-bond donors (Lipinski definition) is 2. The quantitative estimate of drug-likeness (QED) is 0.599. The van der Waals surface area contributed by atoms with E-state index in [2.05, 4.69) is 63.5 Å². The number of benzene rings is 1. The van der Waals surface area contributed by atoms with Crippen LogP contribution in [0.25, 0.3) is 0 Å². The van der Waals surface area contributed by atoms with Crippen molar-refractivity contribution in [2.75, 3.05) is 19.4 Å². The van der Waals surface area contributed by atoms with E-state index < -0.39 is 0 Å². The molecule has 0 aromatic heterocycles. The second-order valence-electron chi connectivity index (χ2n) is 6.27. The van der Waals surface area contributed by atoms with Crippen LogP contribution in [0, 0.1) is 0 Å². The second kappa shape index (κ2) is 16.2. The Hall–Kier alpha value is -0.320. The van der Waals surface area contributed by atoms with E-state index in [4.69, 9.17) is 0 Å². The number of nitrogens with one attached hydrogen (secondary N) is 2. The van der Waals surface area contributed by atoms with Crippen molar-refractivity contribution < 1.29 is 39.6 Å². The summed E-state index contributed by atoms with van der Waals surface area (Å²) in [4.78, 5) is 12.0. The van der Waals surface area contributed by atoms with E-state index in [9.17, 15) is 4.79 Å². The van der Waals surface area contributed by atoms with Gasteiger partial charge in [0.1, 0.15) is 0 Å². The van der Waals surface area contributed by atoms with Gasteiger partial charge in [-0.2, -0.15) is 0 Å². The van der Waals surface area contributed by atoms with E-state index in [1.165, 1.54) is 11.1 Å². The van der Waals surface area contributed by atoms with Gasteiger partial charge in [0.15, 0.2) is 0 Å². The van der Waals surface area contributed by atoms with Crippen LogP contribution in [0.1, 0.15) is 76.8 Å². The Morgan fingerprint density at radius 3 is 1.79 bits per heavy atom. The largest absolute Gasteiger partial charge is 5.00 e. The molecular weight excluding hydrogens is 489 g/mol. The van der Waals surface area contributed by atoms with Crippen LogP contribution < -0.4 is 23.0 Å². The number of anilines is 1. The molecule has 0 unspecified atom stereocenters. The summed E-state index contributed by atoms with van der Waals surface area (Å²) in [6.07, 6.45) is 2.61. The number of carbonyl (C=O) groups excluding carboxylic acids is 1. The second-order valence-corrected chi connectivity index (χ2v) is 6.27. The number of rotatable bonds is 6. The summed E-state index contributed by atoms with van der Waals surface area (Å²) in [5.74, 6) is 0.970. The monoisotopic (exact) mass is 522 g/mol. The molecular formula is C19H34ClN2OTa+4. The number of halogens is 1. The number of carbonyl (C=O) groups is 1. The van der Waals surface area contributed by atoms with E-state index in [0.29, 0.717) is 18.3 Å². The SMILES string of the molecule is CCCCC(=O)Nc1c(C(C)C)cccc1C(C)C.CNC.[Cl-].[Ta+5]. The molecule has 1 aromatic carbocycles. The fourth-order valence-corrected chi connectivity index (χ4v) is 2.23. The summed E-state index contributed by atoms with van der Waals surface area (Å²) in [6.45, 7) is 10.8. The summed E-state index contributed by atoms with van der Waals surface area (Å²) in [5.41, 5.74) is 3.50. The Morgan fingerprint density at radius 1 is 1.04 bits per heavy atom. The Labute approximate surface area is 170 Å². The van der Waals surface area contributed by atoms with Gasteiger partial charge in [0.25, 0.3) is 0 Å². The molecule has 0 saturated heterocycles. The standard InChI is InChI=1S/C17H27NO.C2H7N.ClH.Ta/c1-6-7-11-16(19)18-17-14(12(2)3)9-8-10-15(17)13(4)5;1-3-2;;/h8-10,12-13H,6-7,11H2,1-5H3,(H,18,19);3H,1-2H3;1H;/q;;;+5/p-1. The van der Waals surface area contributed by atoms with E-state index in [-0.39, 0.29) is 40.7 Å². The fraction of sp³-hybridized carbons (Fsp3) is 0.632. The number of para-hydroxylation sites is 1. The van der Waals surface area contributed by atoms with Crippen molar-refractivity contribution in [1.82, 2.24) is 5.32 Å². The van der Waals surface area contributed by atoms with Gasteiger partial charge in [-0.3, -0.25) is 4.79 Å². The summed E-state index contributed by atoms with van der Waals surface area (Å²) >= 11 is 0. The predicted molar refractivity (Wildman–Crippen MR) is 97.8 cm³/mol. The summed E-state index contributed by atoms with van der Waals surface area (Å²) in [5, 5.41) is 5.89. The zero-order valence-corrected chi connectivity index (χ0v) is 20.2. The predicted octanol–water partition coefficient (Wildman–Crippen LogP) is 1.90. The van der Waals surface area contributed by atoms with Crippen molar-refractivity contribution in [3.63, 3.8) is 0 Å². The van der Waals surface area contributed by atoms with Gasteiger partial charge < -0.3 is 23.0 Å². The van der Waals surface area contributed by atoms with Crippen LogP contribution in [0.3, 0.4) is 0 Å². The zero-order valence-electron chi connectivity index (χ0n) is 16.2. The zero-order chi connectivity index (χ0) is 17.1. The molecule has 0 spiro atoms. The van der Waals surface area contributed by atoms with Crippen molar-refractivity contribution in [3.05, 3.63) is 29.3 Å². The maximum atomic E-state index is 12.0. The van der Waals surface area contributed by atoms with Crippen LogP contribution in [0.5, 0.6) is 0 Å². The van der Waals surface area contributed by atoms with Crippen LogP contribution in [0.2, 0.25) is 0 Å². The minimum absolute atomic E-state index is 0. The smallest absolute Gasteiger partial charge is 1.00 e. The Kier molecular flexibility index (Phi) is 19.2. The molecule has 1 amide bonds. The first-order chi connectivity index (χ1) is 10.4. The summed E-state index contributed by atoms with van der Waals surface area (Å²) < 4.78 is 0. The third kappa shape index (κ3) is 10.5. The molecule has 0 fully saturated rings. The molecule has 0 aliphatic heterocycles. The number of unbranched alkanes of at least 4 members (excludes halogenated alkanes) is 1. The van der Waals surface area contributed by atoms with Crippen LogP contribution in [-0.4, -0.2) is 20.0 Å². The fourth-order valence-electron chi connectivity index (χ4n) is 2.23. The van der Waals surface area contributed by atoms with Crippen LogP contribution in [0.4, 0.5) is 5.69 Å². The maximum absolute atomic E-state index is 12.0. The van der Waals surface area contributed by atoms with Crippen molar-refractivity contribution in [2.24, 2.45) is 0 Å². The van der Waals surface area contributed by atoms with Gasteiger partial charge >= 0.3 is 22.4 Å². The third-order valence-electron chi connectivity index (χ3n) is 3.39. The normalized spacial score (nSPS) is 9.54. The Morgan fingerprint density at radius 2 is 1.46 bits per heavy atom. The van der Waals surface area contributed by atoms with Crippen LogP contribution in [-0.2, 0) is 27.2 Å². The molecule has 0 bridgehead atoms. The van der Waals surface area contributed by atoms with Crippen molar-refractivity contribution in [2.45, 2.75) is 65.7 Å². The molecule has 0 heterocycles. The van der Waals surface area contributed by atoms with Crippen molar-refractivity contribution >= 4 is 11.6 Å². The maximum Gasteiger partial charge on any atom is 5.00 e. The molecule has 1 aromatic rings. The van der Waals surface area contributed by atoms with Crippen molar-refractivity contribution in [1.29, 1.82) is 0 Å². The van der Waals surface area contributed by atoms with Gasteiger partial charge in [-0.05, 0) is 43.5 Å². The molecule has 0 radical (unpaired) electrons. The first-order valence-corrected chi connectivity index (χ1v) is 8.40. The molecule has 3 nitrogen and oxygen atoms in total. The van der Waals surface area contributed by atoms with Gasteiger partial charge in [0, 0.05) is 12.1 Å². The van der Waals surface area contributed by atoms with Crippen LogP contribution >= 0.6 is 0 Å². The van der Waals surface area contributed by atoms with Gasteiger partial charge in [0.2, 0.25) is 5.91 Å². The molecule has 0 atom stereocenters. The average molecular weight is 523 g/mol. The van der Waals surface area contributed by atoms with E-state index in [1.807, 2.05) is 14.1 Å². The summed E-state index contributed by atoms with van der Waals surface area (Å²) in [6, 6.07) is 6.32. The number of hydrogen-bond acceptors (Lipinski definition) is 2. The third-order valence-corrected chi connectivity index (χ3v) is 3.39. The Balaban J connectivity index is -0.000000818. The first-order valence-electron chi connectivity index (χ1n) is 8.40. The first kappa shape index (κ1) is 28.5. The molecule has 0 aliphatic rings. The molecule has 134 valence electrons. The van der Waals surface area contributed by atoms with Crippen LogP contribution in [0.15, 0.2) is 18.2 Å². The molecule has 24 heavy (non-hydrogen) atoms. The molecule has 0 aliphatic carbocycles. The van der Waals surface area contributed by atoms with E-state index in [1.54, 1.807) is 0 Å². The van der Waals surface area contributed by atoms with Gasteiger partial charge in [0.05, 0.1) is 0 Å². The van der Waals surface area contributed by atoms with E-state index >= 15 is 0 Å². The van der Waals surface area contributed by atoms with Gasteiger partial charge in [-0.15, -0.1) is 0 Å². The molecule has 2 N–H and O–H groups in total. The number of amides is 1. The minimum atomic E-state index is 0. The molecule has 5 heteroatoms. The van der Waals surface area contributed by atoms with Gasteiger partial charge in [-0.1, -0.05) is 59.2 Å².